The molecule has 2 aromatic rings. The molecule has 0 aliphatic carbocycles. The van der Waals surface area contributed by atoms with E-state index in [4.69, 9.17) is 16.3 Å². The fourth-order valence-electron chi connectivity index (χ4n) is 1.99. The summed E-state index contributed by atoms with van der Waals surface area (Å²) in [5.41, 5.74) is 2.06. The molecule has 4 nitrogen and oxygen atoms in total. The second-order valence-corrected chi connectivity index (χ2v) is 5.24. The van der Waals surface area contributed by atoms with E-state index in [1.807, 2.05) is 19.1 Å². The maximum Gasteiger partial charge on any atom is 0.266 e. The van der Waals surface area contributed by atoms with Gasteiger partial charge in [-0.15, -0.1) is 0 Å². The minimum absolute atomic E-state index is 0.00511. The summed E-state index contributed by atoms with van der Waals surface area (Å²) in [4.78, 5) is 12.3. The summed E-state index contributed by atoms with van der Waals surface area (Å²) in [6, 6.07) is 14.3. The standard InChI is InChI=1S/C18H15ClN2O2/c1-12-4-3-5-16(19)17(12)21-18(22)14(11-20)10-13-6-8-15(23-2)9-7-13/h3-10H,1-2H3,(H,21,22)/b14-10+. The van der Waals surface area contributed by atoms with E-state index in [0.717, 1.165) is 11.1 Å². The zero-order valence-corrected chi connectivity index (χ0v) is 13.5. The lowest BCUT2D eigenvalue weighted by Gasteiger charge is -2.09. The van der Waals surface area contributed by atoms with Crippen LogP contribution < -0.4 is 10.1 Å². The molecule has 0 spiro atoms. The van der Waals surface area contributed by atoms with Crippen LogP contribution in [-0.4, -0.2) is 13.0 Å². The summed E-state index contributed by atoms with van der Waals surface area (Å²) in [6.07, 6.45) is 1.51. The van der Waals surface area contributed by atoms with Crippen molar-refractivity contribution in [1.29, 1.82) is 5.26 Å². The number of carbonyl (C=O) groups is 1. The Bertz CT molecular complexity index is 769. The van der Waals surface area contributed by atoms with Crippen molar-refractivity contribution in [2.45, 2.75) is 6.92 Å². The third kappa shape index (κ3) is 4.12. The van der Waals surface area contributed by atoms with Crippen LogP contribution in [0.3, 0.4) is 0 Å². The lowest BCUT2D eigenvalue weighted by atomic mass is 10.1. The van der Waals surface area contributed by atoms with Gasteiger partial charge in [-0.25, -0.2) is 0 Å². The van der Waals surface area contributed by atoms with Gasteiger partial charge in [-0.1, -0.05) is 35.9 Å². The third-order valence-corrected chi connectivity index (χ3v) is 3.57. The normalized spacial score (nSPS) is 10.8. The molecule has 0 saturated heterocycles. The molecule has 23 heavy (non-hydrogen) atoms. The molecule has 2 aromatic carbocycles. The average Bonchev–Trinajstić information content (AvgIpc) is 2.56. The summed E-state index contributed by atoms with van der Waals surface area (Å²) < 4.78 is 5.07. The van der Waals surface area contributed by atoms with Crippen LogP contribution in [0.4, 0.5) is 5.69 Å². The highest BCUT2D eigenvalue weighted by molar-refractivity contribution is 6.34. The first-order valence-corrected chi connectivity index (χ1v) is 7.25. The van der Waals surface area contributed by atoms with Gasteiger partial charge < -0.3 is 10.1 Å². The van der Waals surface area contributed by atoms with E-state index < -0.39 is 5.91 Å². The molecule has 5 heteroatoms. The van der Waals surface area contributed by atoms with Gasteiger partial charge >= 0.3 is 0 Å². The van der Waals surface area contributed by atoms with Crippen molar-refractivity contribution in [1.82, 2.24) is 0 Å². The van der Waals surface area contributed by atoms with Crippen LogP contribution in [-0.2, 0) is 4.79 Å². The van der Waals surface area contributed by atoms with Gasteiger partial charge in [-0.05, 0) is 42.3 Å². The second kappa shape index (κ2) is 7.48. The summed E-state index contributed by atoms with van der Waals surface area (Å²) in [7, 11) is 1.57. The topological polar surface area (TPSA) is 62.1 Å². The molecule has 0 aromatic heterocycles. The van der Waals surface area contributed by atoms with Crippen molar-refractivity contribution in [2.75, 3.05) is 12.4 Å². The molecule has 2 rings (SSSR count). The fraction of sp³-hybridized carbons (Fsp3) is 0.111. The molecule has 1 amide bonds. The molecule has 0 bridgehead atoms. The van der Waals surface area contributed by atoms with Crippen LogP contribution in [0.25, 0.3) is 6.08 Å². The first-order valence-electron chi connectivity index (χ1n) is 6.87. The van der Waals surface area contributed by atoms with Crippen LogP contribution in [0.5, 0.6) is 5.75 Å². The predicted molar refractivity (Wildman–Crippen MR) is 91.4 cm³/mol. The zero-order valence-electron chi connectivity index (χ0n) is 12.8. The molecular formula is C18H15ClN2O2. The summed E-state index contributed by atoms with van der Waals surface area (Å²) in [5, 5.41) is 12.4. The number of rotatable bonds is 4. The van der Waals surface area contributed by atoms with Gasteiger partial charge in [0.25, 0.3) is 5.91 Å². The number of hydrogen-bond donors (Lipinski definition) is 1. The van der Waals surface area contributed by atoms with Gasteiger partial charge in [-0.3, -0.25) is 4.79 Å². The molecule has 0 saturated carbocycles. The Hall–Kier alpha value is -2.77. The van der Waals surface area contributed by atoms with Gasteiger partial charge in [0.15, 0.2) is 0 Å². The van der Waals surface area contributed by atoms with Crippen molar-refractivity contribution in [3.05, 3.63) is 64.2 Å². The molecule has 0 radical (unpaired) electrons. The van der Waals surface area contributed by atoms with Crippen molar-refractivity contribution < 1.29 is 9.53 Å². The smallest absolute Gasteiger partial charge is 0.266 e. The molecule has 0 heterocycles. The first-order chi connectivity index (χ1) is 11.0. The SMILES string of the molecule is COc1ccc(/C=C(\C#N)C(=O)Nc2c(C)cccc2Cl)cc1. The number of nitriles is 1. The highest BCUT2D eigenvalue weighted by Gasteiger charge is 2.13. The Morgan fingerprint density at radius 1 is 1.26 bits per heavy atom. The highest BCUT2D eigenvalue weighted by Crippen LogP contribution is 2.25. The van der Waals surface area contributed by atoms with Crippen molar-refractivity contribution in [3.63, 3.8) is 0 Å². The largest absolute Gasteiger partial charge is 0.497 e. The van der Waals surface area contributed by atoms with Crippen molar-refractivity contribution in [2.24, 2.45) is 0 Å². The Morgan fingerprint density at radius 2 is 1.96 bits per heavy atom. The minimum Gasteiger partial charge on any atom is -0.497 e. The first kappa shape index (κ1) is 16.6. The van der Waals surface area contributed by atoms with E-state index in [2.05, 4.69) is 5.32 Å². The van der Waals surface area contributed by atoms with Crippen molar-refractivity contribution in [3.8, 4) is 11.8 Å². The predicted octanol–water partition coefficient (Wildman–Crippen LogP) is 4.20. The Balaban J connectivity index is 2.24. The van der Waals surface area contributed by atoms with E-state index in [-0.39, 0.29) is 5.57 Å². The zero-order chi connectivity index (χ0) is 16.8. The molecule has 0 fully saturated rings. The van der Waals surface area contributed by atoms with E-state index in [0.29, 0.717) is 16.5 Å². The minimum atomic E-state index is -0.500. The van der Waals surface area contributed by atoms with Crippen LogP contribution in [0.1, 0.15) is 11.1 Å². The number of amides is 1. The molecule has 0 unspecified atom stereocenters. The molecule has 0 aliphatic rings. The summed E-state index contributed by atoms with van der Waals surface area (Å²) in [6.45, 7) is 1.83. The average molecular weight is 327 g/mol. The van der Waals surface area contributed by atoms with Crippen molar-refractivity contribution >= 4 is 29.3 Å². The van der Waals surface area contributed by atoms with Crippen LogP contribution in [0.15, 0.2) is 48.0 Å². The number of nitrogens with one attached hydrogen (secondary N) is 1. The quantitative estimate of drug-likeness (QED) is 0.676. The van der Waals surface area contributed by atoms with Crippen LogP contribution in [0, 0.1) is 18.3 Å². The monoisotopic (exact) mass is 326 g/mol. The number of anilines is 1. The van der Waals surface area contributed by atoms with E-state index in [9.17, 15) is 10.1 Å². The molecule has 1 N–H and O–H groups in total. The number of para-hydroxylation sites is 1. The number of ether oxygens (including phenoxy) is 1. The van der Waals surface area contributed by atoms with Gasteiger partial charge in [-0.2, -0.15) is 5.26 Å². The van der Waals surface area contributed by atoms with Gasteiger partial charge in [0.2, 0.25) is 0 Å². The van der Waals surface area contributed by atoms with E-state index >= 15 is 0 Å². The number of aryl methyl sites for hydroxylation is 1. The number of halogens is 1. The Kier molecular flexibility index (Phi) is 5.40. The Labute approximate surface area is 140 Å². The molecule has 0 aliphatic heterocycles. The van der Waals surface area contributed by atoms with Gasteiger partial charge in [0, 0.05) is 0 Å². The Morgan fingerprint density at radius 3 is 2.52 bits per heavy atom. The number of methoxy groups -OCH3 is 1. The lowest BCUT2D eigenvalue weighted by Crippen LogP contribution is -2.14. The summed E-state index contributed by atoms with van der Waals surface area (Å²) in [5.74, 6) is 0.205. The van der Waals surface area contributed by atoms with Gasteiger partial charge in [0.05, 0.1) is 17.8 Å². The molecule has 116 valence electrons. The van der Waals surface area contributed by atoms with Crippen LogP contribution in [0.2, 0.25) is 5.02 Å². The lowest BCUT2D eigenvalue weighted by molar-refractivity contribution is -0.112. The second-order valence-electron chi connectivity index (χ2n) is 4.83. The molecule has 0 atom stereocenters. The number of hydrogen-bond acceptors (Lipinski definition) is 3. The maximum absolute atomic E-state index is 12.3. The highest BCUT2D eigenvalue weighted by atomic mass is 35.5. The van der Waals surface area contributed by atoms with E-state index in [1.165, 1.54) is 6.08 Å². The molecular weight excluding hydrogens is 312 g/mol. The van der Waals surface area contributed by atoms with E-state index in [1.54, 1.807) is 43.5 Å². The van der Waals surface area contributed by atoms with Crippen LogP contribution >= 0.6 is 11.6 Å². The maximum atomic E-state index is 12.3. The fourth-order valence-corrected chi connectivity index (χ4v) is 2.26. The van der Waals surface area contributed by atoms with Gasteiger partial charge in [0.1, 0.15) is 17.4 Å². The number of carbonyl (C=O) groups excluding carboxylic acids is 1. The number of nitrogens with zero attached hydrogens (tertiary/aromatic N) is 1. The number of benzene rings is 2. The third-order valence-electron chi connectivity index (χ3n) is 3.25. The summed E-state index contributed by atoms with van der Waals surface area (Å²) >= 11 is 6.08.